The highest BCUT2D eigenvalue weighted by molar-refractivity contribution is 6.94. The number of aryl methyl sites for hydroxylation is 2. The Hall–Kier alpha value is -6.65. The van der Waals surface area contributed by atoms with E-state index in [4.69, 9.17) is 4.74 Å². The number of hydrogen-bond acceptors (Lipinski definition) is 4. The smallest absolute Gasteiger partial charge is 0.251 e. The number of anilines is 7. The molecule has 56 heavy (non-hydrogen) atoms. The van der Waals surface area contributed by atoms with E-state index in [0.717, 1.165) is 40.6 Å². The molecule has 0 aromatic heterocycles. The van der Waals surface area contributed by atoms with Gasteiger partial charge in [-0.05, 0) is 114 Å². The van der Waals surface area contributed by atoms with Crippen molar-refractivity contribution >= 4 is 75.8 Å². The van der Waals surface area contributed by atoms with Gasteiger partial charge in [0.05, 0.1) is 0 Å². The second-order valence-corrected chi connectivity index (χ2v) is 15.3. The minimum absolute atomic E-state index is 0.107. The van der Waals surface area contributed by atoms with Gasteiger partial charge in [-0.2, -0.15) is 0 Å². The summed E-state index contributed by atoms with van der Waals surface area (Å²) in [7, 11) is 2.43. The van der Waals surface area contributed by atoms with Gasteiger partial charge in [0, 0.05) is 57.5 Å². The van der Waals surface area contributed by atoms with Gasteiger partial charge in [-0.25, -0.2) is 0 Å². The average molecular weight is 718 g/mol. The molecule has 1 radical (unpaired) electrons. The quantitative estimate of drug-likeness (QED) is 0.173. The molecule has 7 aromatic rings. The summed E-state index contributed by atoms with van der Waals surface area (Å²) in [5.41, 5.74) is 20.4. The Labute approximate surface area is 329 Å². The largest absolute Gasteiger partial charge is 0.487 e. The topological polar surface area (TPSA) is 27.7 Å². The summed E-state index contributed by atoms with van der Waals surface area (Å²) in [4.78, 5) is 4.87. The third-order valence-electron chi connectivity index (χ3n) is 11.8. The first-order valence-electron chi connectivity index (χ1n) is 19.5. The number of allylic oxidation sites excluding steroid dienone is 1. The second-order valence-electron chi connectivity index (χ2n) is 15.3. The standard InChI is InChI=1S/C50H38B2N3O/c1-32-22-26-41-45(28-32)55-44-21-13-12-20-40(44)51-48-39(31-47-49(50(48)55)52(41)42-27-23-33(2)29-46(42)56-47)38-25-24-37(30-43(38)53-34-14-6-3-7-15-34)54(35-16-8-4-9-17-35)36-18-10-5-11-19-36/h3-30,47,53H,31H2,1-2H3. The van der Waals surface area contributed by atoms with Gasteiger partial charge in [-0.3, -0.25) is 0 Å². The van der Waals surface area contributed by atoms with Crippen LogP contribution < -0.4 is 36.2 Å². The Kier molecular flexibility index (Phi) is 7.60. The Bertz CT molecular complexity index is 2710. The number of nitrogens with one attached hydrogen (secondary N) is 1. The van der Waals surface area contributed by atoms with Crippen molar-refractivity contribution in [2.24, 2.45) is 0 Å². The predicted octanol–water partition coefficient (Wildman–Crippen LogP) is 9.99. The maximum Gasteiger partial charge on any atom is 0.251 e. The van der Waals surface area contributed by atoms with Crippen molar-refractivity contribution < 1.29 is 4.74 Å². The molecule has 11 rings (SSSR count). The molecular weight excluding hydrogens is 680 g/mol. The lowest BCUT2D eigenvalue weighted by Gasteiger charge is -2.50. The van der Waals surface area contributed by atoms with Crippen LogP contribution in [0.1, 0.15) is 23.1 Å². The van der Waals surface area contributed by atoms with Gasteiger partial charge < -0.3 is 19.9 Å². The van der Waals surface area contributed by atoms with Crippen LogP contribution in [0.25, 0.3) is 5.57 Å². The van der Waals surface area contributed by atoms with E-state index in [2.05, 4.69) is 206 Å². The third kappa shape index (κ3) is 5.24. The zero-order valence-electron chi connectivity index (χ0n) is 31.4. The maximum absolute atomic E-state index is 7.17. The summed E-state index contributed by atoms with van der Waals surface area (Å²) < 4.78 is 7.17. The zero-order chi connectivity index (χ0) is 37.3. The lowest BCUT2D eigenvalue weighted by Crippen LogP contribution is -2.60. The third-order valence-corrected chi connectivity index (χ3v) is 11.8. The number of nitrogens with zero attached hydrogens (tertiary/aromatic N) is 2. The molecule has 4 aliphatic rings. The lowest BCUT2D eigenvalue weighted by atomic mass is 9.31. The molecule has 1 aliphatic carbocycles. The van der Waals surface area contributed by atoms with E-state index in [9.17, 15) is 0 Å². The Morgan fingerprint density at radius 2 is 1.30 bits per heavy atom. The molecule has 0 amide bonds. The number of fused-ring (bicyclic) bond motifs is 7. The predicted molar refractivity (Wildman–Crippen MR) is 235 cm³/mol. The van der Waals surface area contributed by atoms with E-state index < -0.39 is 0 Å². The first-order chi connectivity index (χ1) is 27.6. The number of ether oxygens (including phenoxy) is 1. The van der Waals surface area contributed by atoms with Crippen LogP contribution in [0, 0.1) is 13.8 Å². The average Bonchev–Trinajstić information content (AvgIpc) is 3.23. The van der Waals surface area contributed by atoms with Gasteiger partial charge in [0.2, 0.25) is 0 Å². The molecule has 0 bridgehead atoms. The molecule has 1 unspecified atom stereocenters. The number of rotatable bonds is 6. The molecule has 3 aliphatic heterocycles. The highest BCUT2D eigenvalue weighted by Gasteiger charge is 2.50. The Morgan fingerprint density at radius 3 is 2.05 bits per heavy atom. The van der Waals surface area contributed by atoms with E-state index in [1.807, 2.05) is 0 Å². The highest BCUT2D eigenvalue weighted by atomic mass is 16.5. The van der Waals surface area contributed by atoms with E-state index >= 15 is 0 Å². The van der Waals surface area contributed by atoms with Crippen molar-refractivity contribution in [2.45, 2.75) is 26.4 Å². The van der Waals surface area contributed by atoms with E-state index in [1.54, 1.807) is 0 Å². The van der Waals surface area contributed by atoms with E-state index in [0.29, 0.717) is 0 Å². The molecule has 4 nitrogen and oxygen atoms in total. The number of hydrogen-bond donors (Lipinski definition) is 1. The molecule has 6 heteroatoms. The van der Waals surface area contributed by atoms with Gasteiger partial charge in [0.25, 0.3) is 6.71 Å². The summed E-state index contributed by atoms with van der Waals surface area (Å²) in [6, 6.07) is 61.3. The van der Waals surface area contributed by atoms with Crippen molar-refractivity contribution in [3.63, 3.8) is 0 Å². The van der Waals surface area contributed by atoms with Crippen LogP contribution in [-0.2, 0) is 0 Å². The van der Waals surface area contributed by atoms with Gasteiger partial charge in [0.1, 0.15) is 11.9 Å². The zero-order valence-corrected chi connectivity index (χ0v) is 31.4. The summed E-state index contributed by atoms with van der Waals surface area (Å²) in [5, 5.41) is 3.89. The van der Waals surface area contributed by atoms with Crippen molar-refractivity contribution in [3.05, 3.63) is 203 Å². The minimum atomic E-state index is -0.131. The van der Waals surface area contributed by atoms with Crippen molar-refractivity contribution in [2.75, 3.05) is 15.1 Å². The molecule has 7 aromatic carbocycles. The highest BCUT2D eigenvalue weighted by Crippen LogP contribution is 2.51. The summed E-state index contributed by atoms with van der Waals surface area (Å²) in [6.45, 7) is 4.47. The first kappa shape index (κ1) is 32.8. The summed E-state index contributed by atoms with van der Waals surface area (Å²) >= 11 is 0. The molecule has 0 fully saturated rings. The van der Waals surface area contributed by atoms with Gasteiger partial charge >= 0.3 is 0 Å². The maximum atomic E-state index is 7.17. The van der Waals surface area contributed by atoms with Crippen LogP contribution in [0.2, 0.25) is 0 Å². The molecule has 1 atom stereocenters. The molecule has 1 N–H and O–H groups in total. The van der Waals surface area contributed by atoms with Crippen molar-refractivity contribution in [1.29, 1.82) is 0 Å². The molecule has 265 valence electrons. The van der Waals surface area contributed by atoms with Crippen LogP contribution in [0.3, 0.4) is 0 Å². The molecular formula is C50H38B2N3O. The lowest BCUT2D eigenvalue weighted by molar-refractivity contribution is 0.245. The van der Waals surface area contributed by atoms with Crippen LogP contribution in [0.5, 0.6) is 5.75 Å². The summed E-state index contributed by atoms with van der Waals surface area (Å²) in [5.74, 6) is 0.992. The van der Waals surface area contributed by atoms with Crippen molar-refractivity contribution in [1.82, 2.24) is 0 Å². The van der Waals surface area contributed by atoms with Crippen LogP contribution >= 0.6 is 0 Å². The first-order valence-corrected chi connectivity index (χ1v) is 19.5. The SMILES string of the molecule is Cc1ccc2c(c1)OC1CC(c3ccc(N(c4ccccc4)c4ccccc4)cc3Nc3ccccc3)=C3[B]c4ccccc4N4C3=C1B2c1ccc(C)cc14. The molecule has 0 saturated carbocycles. The Balaban J connectivity index is 1.17. The van der Waals surface area contributed by atoms with Crippen molar-refractivity contribution in [3.8, 4) is 5.75 Å². The summed E-state index contributed by atoms with van der Waals surface area (Å²) in [6.07, 6.45) is 0.614. The van der Waals surface area contributed by atoms with Gasteiger partial charge in [-0.1, -0.05) is 114 Å². The fourth-order valence-corrected chi connectivity index (χ4v) is 9.33. The van der Waals surface area contributed by atoms with E-state index in [-0.39, 0.29) is 12.8 Å². The minimum Gasteiger partial charge on any atom is -0.487 e. The van der Waals surface area contributed by atoms with Gasteiger partial charge in [0.15, 0.2) is 7.28 Å². The number of benzene rings is 7. The fraction of sp³-hybridized carbons (Fsp3) is 0.0800. The molecule has 0 spiro atoms. The fourth-order valence-electron chi connectivity index (χ4n) is 9.33. The van der Waals surface area contributed by atoms with E-state index in [1.165, 1.54) is 66.7 Å². The van der Waals surface area contributed by atoms with Crippen LogP contribution in [0.15, 0.2) is 187 Å². The van der Waals surface area contributed by atoms with Crippen LogP contribution in [-0.4, -0.2) is 20.1 Å². The second kappa shape index (κ2) is 13.0. The monoisotopic (exact) mass is 718 g/mol. The van der Waals surface area contributed by atoms with Gasteiger partial charge in [-0.15, -0.1) is 0 Å². The van der Waals surface area contributed by atoms with Crippen LogP contribution in [0.4, 0.5) is 39.8 Å². The molecule has 3 heterocycles. The molecule has 0 saturated heterocycles. The normalized spacial score (nSPS) is 15.9. The number of para-hydroxylation sites is 4. The Morgan fingerprint density at radius 1 is 0.643 bits per heavy atom.